The summed E-state index contributed by atoms with van der Waals surface area (Å²) in [6.07, 6.45) is 1.28. The van der Waals surface area contributed by atoms with Crippen molar-refractivity contribution < 1.29 is 24.2 Å². The van der Waals surface area contributed by atoms with Crippen LogP contribution in [-0.4, -0.2) is 41.8 Å². The highest BCUT2D eigenvalue weighted by atomic mass is 16.5. The average Bonchev–Trinajstić information content (AvgIpc) is 3.10. The number of nitrogens with one attached hydrogen (secondary N) is 2. The molecule has 0 aromatic heterocycles. The SMILES string of the molecule is CCCC(NC(=O)OCC1c2ccccc2-c2ccccc21)C(=O)N[C@H](CCC)C(=O)O. The highest BCUT2D eigenvalue weighted by Gasteiger charge is 2.30. The minimum atomic E-state index is -1.09. The maximum absolute atomic E-state index is 12.6. The molecule has 32 heavy (non-hydrogen) atoms. The fourth-order valence-electron chi connectivity index (χ4n) is 4.16. The van der Waals surface area contributed by atoms with Crippen molar-refractivity contribution in [2.45, 2.75) is 57.5 Å². The van der Waals surface area contributed by atoms with E-state index in [1.54, 1.807) is 0 Å². The largest absolute Gasteiger partial charge is 0.480 e. The van der Waals surface area contributed by atoms with Crippen LogP contribution in [0.15, 0.2) is 48.5 Å². The maximum atomic E-state index is 12.6. The molecule has 2 aromatic rings. The summed E-state index contributed by atoms with van der Waals surface area (Å²) < 4.78 is 5.52. The van der Waals surface area contributed by atoms with Gasteiger partial charge in [0.05, 0.1) is 0 Å². The number of benzene rings is 2. The van der Waals surface area contributed by atoms with Crippen molar-refractivity contribution in [2.75, 3.05) is 6.61 Å². The predicted molar refractivity (Wildman–Crippen MR) is 121 cm³/mol. The molecule has 2 atom stereocenters. The lowest BCUT2D eigenvalue weighted by atomic mass is 9.98. The lowest BCUT2D eigenvalue weighted by Gasteiger charge is -2.21. The van der Waals surface area contributed by atoms with Gasteiger partial charge in [-0.15, -0.1) is 0 Å². The second-order valence-electron chi connectivity index (χ2n) is 8.00. The van der Waals surface area contributed by atoms with Gasteiger partial charge in [0.2, 0.25) is 5.91 Å². The van der Waals surface area contributed by atoms with Gasteiger partial charge in [-0.1, -0.05) is 75.2 Å². The van der Waals surface area contributed by atoms with Crippen LogP contribution in [-0.2, 0) is 14.3 Å². The first-order valence-corrected chi connectivity index (χ1v) is 11.1. The predicted octanol–water partition coefficient (Wildman–Crippen LogP) is 4.06. The van der Waals surface area contributed by atoms with E-state index in [0.717, 1.165) is 22.3 Å². The van der Waals surface area contributed by atoms with Crippen LogP contribution in [0.3, 0.4) is 0 Å². The quantitative estimate of drug-likeness (QED) is 0.519. The molecule has 3 rings (SSSR count). The van der Waals surface area contributed by atoms with Crippen molar-refractivity contribution in [3.8, 4) is 11.1 Å². The van der Waals surface area contributed by atoms with E-state index < -0.39 is 30.1 Å². The zero-order valence-electron chi connectivity index (χ0n) is 18.5. The van der Waals surface area contributed by atoms with E-state index in [1.165, 1.54) is 0 Å². The molecule has 1 unspecified atom stereocenters. The van der Waals surface area contributed by atoms with Crippen molar-refractivity contribution in [1.29, 1.82) is 0 Å². The number of fused-ring (bicyclic) bond motifs is 3. The molecule has 2 aromatic carbocycles. The topological polar surface area (TPSA) is 105 Å². The summed E-state index contributed by atoms with van der Waals surface area (Å²) in [5.74, 6) is -1.68. The van der Waals surface area contributed by atoms with Crippen LogP contribution in [0.4, 0.5) is 4.79 Å². The fourth-order valence-corrected chi connectivity index (χ4v) is 4.16. The Morgan fingerprint density at radius 2 is 1.41 bits per heavy atom. The Kier molecular flexibility index (Phi) is 7.87. The molecular formula is C25H30N2O5. The monoisotopic (exact) mass is 438 g/mol. The number of hydrogen-bond acceptors (Lipinski definition) is 4. The second kappa shape index (κ2) is 10.8. The number of carboxylic acid groups (broad SMARTS) is 1. The summed E-state index contributed by atoms with van der Waals surface area (Å²) >= 11 is 0. The number of carbonyl (C=O) groups is 3. The third kappa shape index (κ3) is 5.28. The number of carbonyl (C=O) groups excluding carboxylic acids is 2. The molecule has 0 saturated carbocycles. The molecule has 1 aliphatic rings. The van der Waals surface area contributed by atoms with Crippen LogP contribution in [0.1, 0.15) is 56.6 Å². The van der Waals surface area contributed by atoms with Gasteiger partial charge in [0.1, 0.15) is 18.7 Å². The molecule has 0 bridgehead atoms. The van der Waals surface area contributed by atoms with E-state index in [9.17, 15) is 19.5 Å². The molecule has 7 heteroatoms. The minimum absolute atomic E-state index is 0.0763. The molecule has 2 amide bonds. The second-order valence-corrected chi connectivity index (χ2v) is 8.00. The number of hydrogen-bond donors (Lipinski definition) is 3. The normalized spacial score (nSPS) is 14.1. The first-order valence-electron chi connectivity index (χ1n) is 11.1. The summed E-state index contributed by atoms with van der Waals surface area (Å²) in [7, 11) is 0. The van der Waals surface area contributed by atoms with Crippen molar-refractivity contribution in [3.05, 3.63) is 59.7 Å². The van der Waals surface area contributed by atoms with E-state index in [-0.39, 0.29) is 12.5 Å². The van der Waals surface area contributed by atoms with Crippen LogP contribution >= 0.6 is 0 Å². The van der Waals surface area contributed by atoms with E-state index in [0.29, 0.717) is 25.7 Å². The average molecular weight is 439 g/mol. The zero-order valence-corrected chi connectivity index (χ0v) is 18.5. The Labute approximate surface area is 188 Å². The van der Waals surface area contributed by atoms with Crippen molar-refractivity contribution in [3.63, 3.8) is 0 Å². The molecule has 170 valence electrons. The smallest absolute Gasteiger partial charge is 0.407 e. The molecule has 0 heterocycles. The Hall–Kier alpha value is -3.35. The highest BCUT2D eigenvalue weighted by Crippen LogP contribution is 2.44. The van der Waals surface area contributed by atoms with Gasteiger partial charge < -0.3 is 20.5 Å². The van der Waals surface area contributed by atoms with E-state index >= 15 is 0 Å². The number of rotatable bonds is 10. The third-order valence-electron chi connectivity index (χ3n) is 5.72. The van der Waals surface area contributed by atoms with Crippen LogP contribution in [0.25, 0.3) is 11.1 Å². The van der Waals surface area contributed by atoms with Gasteiger partial charge in [-0.25, -0.2) is 9.59 Å². The van der Waals surface area contributed by atoms with Crippen LogP contribution in [0.2, 0.25) is 0 Å². The number of alkyl carbamates (subject to hydrolysis) is 1. The van der Waals surface area contributed by atoms with Crippen LogP contribution in [0.5, 0.6) is 0 Å². The van der Waals surface area contributed by atoms with E-state index in [1.807, 2.05) is 50.2 Å². The summed E-state index contributed by atoms with van der Waals surface area (Å²) in [6.45, 7) is 3.88. The standard InChI is InChI=1S/C25H30N2O5/c1-3-9-21(23(28)26-22(10-4-2)24(29)30)27-25(31)32-15-20-18-13-7-5-11-16(18)17-12-6-8-14-19(17)20/h5-8,11-14,20-22H,3-4,9-10,15H2,1-2H3,(H,26,28)(H,27,31)(H,29,30)/t21?,22-/m1/s1. The Morgan fingerprint density at radius 1 is 0.875 bits per heavy atom. The van der Waals surface area contributed by atoms with E-state index in [4.69, 9.17) is 4.74 Å². The summed E-state index contributed by atoms with van der Waals surface area (Å²) in [6, 6.07) is 14.3. The molecular weight excluding hydrogens is 408 g/mol. The number of ether oxygens (including phenoxy) is 1. The Bertz CT molecular complexity index is 929. The lowest BCUT2D eigenvalue weighted by molar-refractivity contribution is -0.142. The first-order chi connectivity index (χ1) is 15.5. The Balaban J connectivity index is 1.64. The van der Waals surface area contributed by atoms with Gasteiger partial charge in [0.25, 0.3) is 0 Å². The van der Waals surface area contributed by atoms with Crippen molar-refractivity contribution >= 4 is 18.0 Å². The maximum Gasteiger partial charge on any atom is 0.407 e. The summed E-state index contributed by atoms with van der Waals surface area (Å²) in [4.78, 5) is 36.5. The molecule has 0 saturated heterocycles. The number of amides is 2. The lowest BCUT2D eigenvalue weighted by Crippen LogP contribution is -2.51. The fraction of sp³-hybridized carbons (Fsp3) is 0.400. The molecule has 1 aliphatic carbocycles. The van der Waals surface area contributed by atoms with Gasteiger partial charge in [-0.05, 0) is 35.1 Å². The zero-order chi connectivity index (χ0) is 23.1. The van der Waals surface area contributed by atoms with E-state index in [2.05, 4.69) is 22.8 Å². The van der Waals surface area contributed by atoms with Crippen molar-refractivity contribution in [1.82, 2.24) is 10.6 Å². The van der Waals surface area contributed by atoms with Gasteiger partial charge in [-0.3, -0.25) is 4.79 Å². The minimum Gasteiger partial charge on any atom is -0.480 e. The van der Waals surface area contributed by atoms with Gasteiger partial charge in [0.15, 0.2) is 0 Å². The van der Waals surface area contributed by atoms with Gasteiger partial charge in [-0.2, -0.15) is 0 Å². The molecule has 7 nitrogen and oxygen atoms in total. The van der Waals surface area contributed by atoms with Crippen LogP contribution in [0, 0.1) is 0 Å². The summed E-state index contributed by atoms with van der Waals surface area (Å²) in [5, 5.41) is 14.4. The van der Waals surface area contributed by atoms with Crippen molar-refractivity contribution in [2.24, 2.45) is 0 Å². The summed E-state index contributed by atoms with van der Waals surface area (Å²) in [5.41, 5.74) is 4.48. The third-order valence-corrected chi connectivity index (χ3v) is 5.72. The molecule has 0 aliphatic heterocycles. The molecule has 0 spiro atoms. The first kappa shape index (κ1) is 23.3. The molecule has 0 radical (unpaired) electrons. The molecule has 0 fully saturated rings. The number of carboxylic acids is 1. The molecule has 3 N–H and O–H groups in total. The Morgan fingerprint density at radius 3 is 1.94 bits per heavy atom. The number of aliphatic carboxylic acids is 1. The van der Waals surface area contributed by atoms with Crippen LogP contribution < -0.4 is 10.6 Å². The highest BCUT2D eigenvalue weighted by molar-refractivity contribution is 5.89. The van der Waals surface area contributed by atoms with Gasteiger partial charge >= 0.3 is 12.1 Å². The van der Waals surface area contributed by atoms with Gasteiger partial charge in [0, 0.05) is 5.92 Å².